The zero-order valence-electron chi connectivity index (χ0n) is 11.5. The maximum Gasteiger partial charge on any atom is 0.263 e. The molecule has 5 nitrogen and oxygen atoms in total. The van der Waals surface area contributed by atoms with Crippen LogP contribution >= 0.6 is 23.1 Å². The van der Waals surface area contributed by atoms with Crippen molar-refractivity contribution in [3.05, 3.63) is 35.5 Å². The Morgan fingerprint density at radius 2 is 2.00 bits per heavy atom. The molecule has 0 radical (unpaired) electrons. The molecule has 1 N–H and O–H groups in total. The van der Waals surface area contributed by atoms with Crippen LogP contribution in [0.15, 0.2) is 33.4 Å². The highest BCUT2D eigenvalue weighted by Crippen LogP contribution is 2.32. The van der Waals surface area contributed by atoms with Crippen LogP contribution in [0.5, 0.6) is 0 Å². The Hall–Kier alpha value is -1.56. The quantitative estimate of drug-likeness (QED) is 0.846. The summed E-state index contributed by atoms with van der Waals surface area (Å²) in [6.07, 6.45) is 0. The van der Waals surface area contributed by atoms with Crippen molar-refractivity contribution in [2.75, 3.05) is 10.5 Å². The molecule has 2 rings (SSSR count). The lowest BCUT2D eigenvalue weighted by atomic mass is 10.2. The third-order valence-corrected chi connectivity index (χ3v) is 6.36. The van der Waals surface area contributed by atoms with Crippen molar-refractivity contribution in [3.8, 4) is 6.07 Å². The van der Waals surface area contributed by atoms with Gasteiger partial charge in [-0.2, -0.15) is 5.26 Å². The Morgan fingerprint density at radius 1 is 1.33 bits per heavy atom. The lowest BCUT2D eigenvalue weighted by molar-refractivity contribution is 0.601. The number of nitriles is 1. The molecule has 0 spiro atoms. The Kier molecular flexibility index (Phi) is 4.88. The van der Waals surface area contributed by atoms with E-state index in [9.17, 15) is 8.42 Å². The zero-order chi connectivity index (χ0) is 15.5. The van der Waals surface area contributed by atoms with E-state index in [4.69, 9.17) is 5.26 Å². The number of nitrogens with one attached hydrogen (secondary N) is 1. The molecule has 0 bridgehead atoms. The largest absolute Gasteiger partial charge is 0.263 e. The molecule has 2 aromatic rings. The molecule has 0 amide bonds. The van der Waals surface area contributed by atoms with Gasteiger partial charge in [0, 0.05) is 0 Å². The summed E-state index contributed by atoms with van der Waals surface area (Å²) in [6, 6.07) is 8.65. The van der Waals surface area contributed by atoms with E-state index in [2.05, 4.69) is 9.71 Å². The van der Waals surface area contributed by atoms with Crippen LogP contribution in [0.4, 0.5) is 5.13 Å². The van der Waals surface area contributed by atoms with Gasteiger partial charge in [0.2, 0.25) is 0 Å². The molecule has 0 saturated heterocycles. The number of anilines is 1. The van der Waals surface area contributed by atoms with Gasteiger partial charge < -0.3 is 0 Å². The van der Waals surface area contributed by atoms with E-state index in [-0.39, 0.29) is 4.90 Å². The lowest BCUT2D eigenvalue weighted by Gasteiger charge is -2.05. The van der Waals surface area contributed by atoms with E-state index < -0.39 is 10.0 Å². The van der Waals surface area contributed by atoms with E-state index in [0.717, 1.165) is 15.5 Å². The summed E-state index contributed by atoms with van der Waals surface area (Å²) >= 11 is 2.59. The predicted octanol–water partition coefficient (Wildman–Crippen LogP) is 3.18. The Bertz CT molecular complexity index is 774. The Labute approximate surface area is 132 Å². The van der Waals surface area contributed by atoms with Gasteiger partial charge in [0.25, 0.3) is 10.0 Å². The molecule has 0 saturated carbocycles. The first kappa shape index (κ1) is 15.8. The highest BCUT2D eigenvalue weighted by atomic mass is 32.2. The standard InChI is InChI=1S/C13H13N3O2S3/c1-9-3-5-11(6-4-9)21(17,18)16-13-15-10(2)12(20-13)19-8-7-14/h3-6H,8H2,1-2H3,(H,15,16). The molecule has 0 aliphatic carbocycles. The number of hydrogen-bond donors (Lipinski definition) is 1. The fraction of sp³-hybridized carbons (Fsp3) is 0.231. The smallest absolute Gasteiger partial charge is 0.255 e. The van der Waals surface area contributed by atoms with Gasteiger partial charge in [0.15, 0.2) is 5.13 Å². The topological polar surface area (TPSA) is 82.8 Å². The van der Waals surface area contributed by atoms with Crippen LogP contribution in [0, 0.1) is 25.2 Å². The number of thioether (sulfide) groups is 1. The number of rotatable bonds is 5. The number of nitrogens with zero attached hydrogens (tertiary/aromatic N) is 2. The van der Waals surface area contributed by atoms with Crippen LogP contribution in [0.2, 0.25) is 0 Å². The second-order valence-electron chi connectivity index (χ2n) is 4.26. The molecule has 21 heavy (non-hydrogen) atoms. The van der Waals surface area contributed by atoms with Crippen molar-refractivity contribution >= 4 is 38.3 Å². The summed E-state index contributed by atoms with van der Waals surface area (Å²) < 4.78 is 27.8. The third-order valence-electron chi connectivity index (χ3n) is 2.57. The molecule has 0 aliphatic heterocycles. The monoisotopic (exact) mass is 339 g/mol. The van der Waals surface area contributed by atoms with Gasteiger partial charge in [-0.3, -0.25) is 4.72 Å². The van der Waals surface area contributed by atoms with Crippen molar-refractivity contribution in [2.45, 2.75) is 23.0 Å². The van der Waals surface area contributed by atoms with E-state index in [1.165, 1.54) is 23.1 Å². The summed E-state index contributed by atoms with van der Waals surface area (Å²) in [5, 5.41) is 8.90. The van der Waals surface area contributed by atoms with Gasteiger partial charge in [0.1, 0.15) is 0 Å². The number of aromatic nitrogens is 1. The highest BCUT2D eigenvalue weighted by Gasteiger charge is 2.17. The number of hydrogen-bond acceptors (Lipinski definition) is 6. The lowest BCUT2D eigenvalue weighted by Crippen LogP contribution is -2.12. The molecule has 0 aliphatic rings. The number of thiazole rings is 1. The van der Waals surface area contributed by atoms with Crippen LogP contribution in [-0.4, -0.2) is 19.2 Å². The second-order valence-corrected chi connectivity index (χ2v) is 8.18. The average molecular weight is 339 g/mol. The molecule has 1 aromatic carbocycles. The van der Waals surface area contributed by atoms with E-state index in [1.54, 1.807) is 31.2 Å². The average Bonchev–Trinajstić information content (AvgIpc) is 2.76. The van der Waals surface area contributed by atoms with Gasteiger partial charge >= 0.3 is 0 Å². The molecular weight excluding hydrogens is 326 g/mol. The molecular formula is C13H13N3O2S3. The third kappa shape index (κ3) is 3.97. The minimum Gasteiger partial charge on any atom is -0.255 e. The fourth-order valence-corrected chi connectivity index (χ4v) is 4.58. The van der Waals surface area contributed by atoms with Gasteiger partial charge in [-0.25, -0.2) is 13.4 Å². The molecule has 0 fully saturated rings. The first-order valence-electron chi connectivity index (χ1n) is 5.99. The van der Waals surface area contributed by atoms with Gasteiger partial charge in [-0.1, -0.05) is 40.8 Å². The number of sulfonamides is 1. The summed E-state index contributed by atoms with van der Waals surface area (Å²) in [5.74, 6) is 0.313. The minimum atomic E-state index is -3.63. The number of benzene rings is 1. The van der Waals surface area contributed by atoms with E-state index in [0.29, 0.717) is 10.9 Å². The van der Waals surface area contributed by atoms with Crippen LogP contribution in [0.3, 0.4) is 0 Å². The van der Waals surface area contributed by atoms with E-state index in [1.807, 2.05) is 13.0 Å². The minimum absolute atomic E-state index is 0.201. The second kappa shape index (κ2) is 6.47. The van der Waals surface area contributed by atoms with Crippen molar-refractivity contribution < 1.29 is 8.42 Å². The number of aryl methyl sites for hydroxylation is 2. The summed E-state index contributed by atoms with van der Waals surface area (Å²) in [6.45, 7) is 3.69. The van der Waals surface area contributed by atoms with Gasteiger partial charge in [-0.15, -0.1) is 0 Å². The predicted molar refractivity (Wildman–Crippen MR) is 85.2 cm³/mol. The molecule has 1 heterocycles. The maximum atomic E-state index is 12.2. The zero-order valence-corrected chi connectivity index (χ0v) is 13.9. The van der Waals surface area contributed by atoms with Crippen molar-refractivity contribution in [1.29, 1.82) is 5.26 Å². The first-order valence-corrected chi connectivity index (χ1v) is 9.27. The van der Waals surface area contributed by atoms with Crippen molar-refractivity contribution in [3.63, 3.8) is 0 Å². The fourth-order valence-electron chi connectivity index (χ4n) is 1.55. The Morgan fingerprint density at radius 3 is 2.62 bits per heavy atom. The van der Waals surface area contributed by atoms with Crippen LogP contribution < -0.4 is 4.72 Å². The van der Waals surface area contributed by atoms with Crippen LogP contribution in [-0.2, 0) is 10.0 Å². The summed E-state index contributed by atoms with van der Waals surface area (Å²) in [4.78, 5) is 4.39. The van der Waals surface area contributed by atoms with Crippen molar-refractivity contribution in [1.82, 2.24) is 4.98 Å². The van der Waals surface area contributed by atoms with Crippen molar-refractivity contribution in [2.24, 2.45) is 0 Å². The van der Waals surface area contributed by atoms with Crippen LogP contribution in [0.25, 0.3) is 0 Å². The summed E-state index contributed by atoms with van der Waals surface area (Å²) in [5.41, 5.74) is 1.72. The maximum absolute atomic E-state index is 12.2. The SMILES string of the molecule is Cc1ccc(S(=O)(=O)Nc2nc(C)c(SCC#N)s2)cc1. The van der Waals surface area contributed by atoms with Gasteiger partial charge in [0.05, 0.1) is 26.6 Å². The van der Waals surface area contributed by atoms with Gasteiger partial charge in [-0.05, 0) is 26.0 Å². The molecule has 1 aromatic heterocycles. The normalized spacial score (nSPS) is 11.1. The molecule has 110 valence electrons. The first-order chi connectivity index (χ1) is 9.92. The summed E-state index contributed by atoms with van der Waals surface area (Å²) in [7, 11) is -3.63. The highest BCUT2D eigenvalue weighted by molar-refractivity contribution is 8.01. The molecule has 0 atom stereocenters. The Balaban J connectivity index is 2.21. The van der Waals surface area contributed by atoms with Crippen LogP contribution in [0.1, 0.15) is 11.3 Å². The van der Waals surface area contributed by atoms with E-state index >= 15 is 0 Å². The molecule has 0 unspecified atom stereocenters. The molecule has 8 heteroatoms.